The Morgan fingerprint density at radius 1 is 0.957 bits per heavy atom. The Labute approximate surface area is 143 Å². The fourth-order valence-corrected chi connectivity index (χ4v) is 3.54. The van der Waals surface area contributed by atoms with E-state index in [-0.39, 0.29) is 5.41 Å². The van der Waals surface area contributed by atoms with Crippen molar-refractivity contribution in [2.24, 2.45) is 0 Å². The van der Waals surface area contributed by atoms with E-state index in [2.05, 4.69) is 87.0 Å². The van der Waals surface area contributed by atoms with Crippen molar-refractivity contribution in [1.82, 2.24) is 4.40 Å². The van der Waals surface area contributed by atoms with Crippen molar-refractivity contribution in [2.75, 3.05) is 5.75 Å². The van der Waals surface area contributed by atoms with Crippen LogP contribution in [0.2, 0.25) is 0 Å². The summed E-state index contributed by atoms with van der Waals surface area (Å²) >= 11 is 1.93. The van der Waals surface area contributed by atoms with Crippen LogP contribution in [0.3, 0.4) is 0 Å². The van der Waals surface area contributed by atoms with Crippen molar-refractivity contribution in [1.29, 1.82) is 0 Å². The maximum atomic E-state index is 2.30. The minimum Gasteiger partial charge on any atom is -0.323 e. The van der Waals surface area contributed by atoms with Gasteiger partial charge < -0.3 is 4.40 Å². The predicted octanol–water partition coefficient (Wildman–Crippen LogP) is 5.88. The first kappa shape index (κ1) is 16.2. The van der Waals surface area contributed by atoms with E-state index < -0.39 is 0 Å². The summed E-state index contributed by atoms with van der Waals surface area (Å²) in [6.45, 7) is 8.93. The molecule has 0 N–H and O–H groups in total. The molecule has 0 saturated carbocycles. The van der Waals surface area contributed by atoms with Crippen LogP contribution in [-0.4, -0.2) is 10.2 Å². The van der Waals surface area contributed by atoms with Crippen LogP contribution in [-0.2, 0) is 11.8 Å². The number of pyridine rings is 1. The molecule has 0 aliphatic heterocycles. The lowest BCUT2D eigenvalue weighted by Crippen LogP contribution is -2.09. The molecule has 3 aromatic rings. The molecule has 0 aliphatic rings. The van der Waals surface area contributed by atoms with Crippen LogP contribution in [0, 0.1) is 6.92 Å². The van der Waals surface area contributed by atoms with Crippen LogP contribution in [0.5, 0.6) is 0 Å². The molecule has 0 bridgehead atoms. The number of aryl methyl sites for hydroxylation is 2. The third-order valence-corrected chi connectivity index (χ3v) is 5.21. The highest BCUT2D eigenvalue weighted by atomic mass is 32.2. The smallest absolute Gasteiger partial charge is 0.0453 e. The van der Waals surface area contributed by atoms with Gasteiger partial charge in [0, 0.05) is 28.6 Å². The van der Waals surface area contributed by atoms with Crippen molar-refractivity contribution in [3.63, 3.8) is 0 Å². The first-order chi connectivity index (χ1) is 10.9. The van der Waals surface area contributed by atoms with Gasteiger partial charge in [-0.3, -0.25) is 0 Å². The third-order valence-electron chi connectivity index (χ3n) is 4.20. The Bertz CT molecular complexity index is 791. The summed E-state index contributed by atoms with van der Waals surface area (Å²) in [4.78, 5) is 1.35. The molecule has 1 aromatic carbocycles. The molecular formula is C21H25NS. The minimum atomic E-state index is 0.202. The summed E-state index contributed by atoms with van der Waals surface area (Å²) in [6, 6.07) is 15.6. The summed E-state index contributed by atoms with van der Waals surface area (Å²) in [5, 5.41) is 0. The molecular weight excluding hydrogens is 298 g/mol. The van der Waals surface area contributed by atoms with Gasteiger partial charge >= 0.3 is 0 Å². The van der Waals surface area contributed by atoms with Gasteiger partial charge in [-0.2, -0.15) is 0 Å². The standard InChI is InChI=1S/C21H25NS/c1-16-5-9-20(10-6-16)23-12-11-17-7-8-19-13-18(21(2,3)4)15-22(19)14-17/h5-10,13-15H,11-12H2,1-4H3. The zero-order valence-electron chi connectivity index (χ0n) is 14.5. The molecule has 0 aliphatic carbocycles. The van der Waals surface area contributed by atoms with Crippen LogP contribution in [0.15, 0.2) is 59.8 Å². The molecule has 2 heterocycles. The summed E-state index contributed by atoms with van der Waals surface area (Å²) in [5.74, 6) is 1.11. The number of benzene rings is 1. The van der Waals surface area contributed by atoms with Crippen molar-refractivity contribution in [2.45, 2.75) is 44.4 Å². The topological polar surface area (TPSA) is 4.41 Å². The number of hydrogen-bond donors (Lipinski definition) is 0. The van der Waals surface area contributed by atoms with Crippen LogP contribution in [0.1, 0.15) is 37.5 Å². The second-order valence-electron chi connectivity index (χ2n) is 7.26. The Kier molecular flexibility index (Phi) is 4.54. The summed E-state index contributed by atoms with van der Waals surface area (Å²) in [5.41, 5.74) is 5.59. The largest absolute Gasteiger partial charge is 0.323 e. The maximum Gasteiger partial charge on any atom is 0.0453 e. The van der Waals surface area contributed by atoms with E-state index in [1.54, 1.807) is 0 Å². The van der Waals surface area contributed by atoms with Crippen molar-refractivity contribution in [3.8, 4) is 0 Å². The lowest BCUT2D eigenvalue weighted by molar-refractivity contribution is 0.590. The Morgan fingerprint density at radius 2 is 1.70 bits per heavy atom. The molecule has 0 radical (unpaired) electrons. The average Bonchev–Trinajstić information content (AvgIpc) is 2.93. The monoisotopic (exact) mass is 323 g/mol. The Balaban J connectivity index is 1.67. The van der Waals surface area contributed by atoms with E-state index in [1.807, 2.05) is 11.8 Å². The number of aromatic nitrogens is 1. The predicted molar refractivity (Wildman–Crippen MR) is 102 cm³/mol. The van der Waals surface area contributed by atoms with Gasteiger partial charge in [-0.1, -0.05) is 44.5 Å². The molecule has 1 nitrogen and oxygen atoms in total. The molecule has 0 saturated heterocycles. The zero-order valence-corrected chi connectivity index (χ0v) is 15.3. The van der Waals surface area contributed by atoms with E-state index >= 15 is 0 Å². The molecule has 2 heteroatoms. The molecule has 3 rings (SSSR count). The number of hydrogen-bond acceptors (Lipinski definition) is 1. The van der Waals surface area contributed by atoms with E-state index in [0.717, 1.165) is 12.2 Å². The van der Waals surface area contributed by atoms with Gasteiger partial charge in [-0.15, -0.1) is 11.8 Å². The molecule has 2 aromatic heterocycles. The first-order valence-corrected chi connectivity index (χ1v) is 9.21. The van der Waals surface area contributed by atoms with Gasteiger partial charge in [-0.25, -0.2) is 0 Å². The van der Waals surface area contributed by atoms with E-state index in [9.17, 15) is 0 Å². The Morgan fingerprint density at radius 3 is 2.39 bits per heavy atom. The maximum absolute atomic E-state index is 2.30. The number of nitrogens with zero attached hydrogens (tertiary/aromatic N) is 1. The van der Waals surface area contributed by atoms with E-state index in [1.165, 1.54) is 27.1 Å². The molecule has 120 valence electrons. The van der Waals surface area contributed by atoms with Crippen molar-refractivity contribution in [3.05, 3.63) is 71.5 Å². The molecule has 0 spiro atoms. The quantitative estimate of drug-likeness (QED) is 0.542. The van der Waals surface area contributed by atoms with E-state index in [0.29, 0.717) is 0 Å². The normalized spacial score (nSPS) is 12.0. The summed E-state index contributed by atoms with van der Waals surface area (Å²) in [7, 11) is 0. The van der Waals surface area contributed by atoms with Gasteiger partial charge in [-0.05, 0) is 54.2 Å². The second kappa shape index (κ2) is 6.45. The van der Waals surface area contributed by atoms with Crippen LogP contribution in [0.4, 0.5) is 0 Å². The second-order valence-corrected chi connectivity index (χ2v) is 8.43. The highest BCUT2D eigenvalue weighted by Crippen LogP contribution is 2.25. The average molecular weight is 324 g/mol. The number of rotatable bonds is 4. The highest BCUT2D eigenvalue weighted by Gasteiger charge is 2.15. The third kappa shape index (κ3) is 4.00. The van der Waals surface area contributed by atoms with Gasteiger partial charge in [0.1, 0.15) is 0 Å². The molecule has 0 amide bonds. The lowest BCUT2D eigenvalue weighted by Gasteiger charge is -2.15. The van der Waals surface area contributed by atoms with Crippen LogP contribution >= 0.6 is 11.8 Å². The molecule has 0 unspecified atom stereocenters. The molecule has 0 atom stereocenters. The zero-order chi connectivity index (χ0) is 16.4. The van der Waals surface area contributed by atoms with Crippen LogP contribution < -0.4 is 0 Å². The fraction of sp³-hybridized carbons (Fsp3) is 0.333. The van der Waals surface area contributed by atoms with Gasteiger partial charge in [0.2, 0.25) is 0 Å². The van der Waals surface area contributed by atoms with Gasteiger partial charge in [0.05, 0.1) is 0 Å². The minimum absolute atomic E-state index is 0.202. The summed E-state index contributed by atoms with van der Waals surface area (Å²) in [6.07, 6.45) is 5.64. The lowest BCUT2D eigenvalue weighted by atomic mass is 9.89. The fourth-order valence-electron chi connectivity index (χ4n) is 2.63. The number of fused-ring (bicyclic) bond motifs is 1. The summed E-state index contributed by atoms with van der Waals surface area (Å²) < 4.78 is 2.27. The van der Waals surface area contributed by atoms with Crippen molar-refractivity contribution >= 4 is 17.3 Å². The SMILES string of the molecule is Cc1ccc(SCCc2ccc3cc(C(C)(C)C)cn3c2)cc1. The molecule has 0 fully saturated rings. The van der Waals surface area contributed by atoms with Gasteiger partial charge in [0.25, 0.3) is 0 Å². The van der Waals surface area contributed by atoms with Gasteiger partial charge in [0.15, 0.2) is 0 Å². The van der Waals surface area contributed by atoms with Crippen molar-refractivity contribution < 1.29 is 0 Å². The number of thioether (sulfide) groups is 1. The first-order valence-electron chi connectivity index (χ1n) is 8.22. The Hall–Kier alpha value is -1.67. The molecule has 23 heavy (non-hydrogen) atoms. The van der Waals surface area contributed by atoms with Crippen LogP contribution in [0.25, 0.3) is 5.52 Å². The van der Waals surface area contributed by atoms with E-state index in [4.69, 9.17) is 0 Å². The highest BCUT2D eigenvalue weighted by molar-refractivity contribution is 7.99.